The third kappa shape index (κ3) is 4.96. The number of hydrogen-bond donors (Lipinski definition) is 2. The molecule has 1 aromatic rings. The van der Waals surface area contributed by atoms with E-state index in [9.17, 15) is 13.2 Å². The lowest BCUT2D eigenvalue weighted by Crippen LogP contribution is -2.26. The first kappa shape index (κ1) is 15.0. The molecule has 8 nitrogen and oxygen atoms in total. The van der Waals surface area contributed by atoms with E-state index < -0.39 is 10.0 Å². The fraction of sp³-hybridized carbons (Fsp3) is 0.300. The van der Waals surface area contributed by atoms with Crippen molar-refractivity contribution in [2.24, 2.45) is 5.11 Å². The van der Waals surface area contributed by atoms with Crippen LogP contribution in [0.4, 0.5) is 5.69 Å². The van der Waals surface area contributed by atoms with E-state index in [0.29, 0.717) is 5.69 Å². The van der Waals surface area contributed by atoms with E-state index in [1.165, 1.54) is 31.2 Å². The minimum Gasteiger partial charge on any atom is -0.326 e. The summed E-state index contributed by atoms with van der Waals surface area (Å²) in [5.41, 5.74) is 8.58. The van der Waals surface area contributed by atoms with Crippen molar-refractivity contribution in [3.8, 4) is 0 Å². The number of rotatable bonds is 6. The van der Waals surface area contributed by atoms with Crippen LogP contribution in [0, 0.1) is 0 Å². The lowest BCUT2D eigenvalue weighted by Gasteiger charge is -2.06. The standard InChI is InChI=1S/C10H13N5O3S/c1-8(16)14-9-2-4-10(5-3-9)19(17,18)13-7-6-12-15-11/h2-5,13H,6-7H2,1H3,(H,14,16). The van der Waals surface area contributed by atoms with Gasteiger partial charge in [0.15, 0.2) is 0 Å². The number of anilines is 1. The van der Waals surface area contributed by atoms with Gasteiger partial charge in [-0.25, -0.2) is 13.1 Å². The third-order valence-corrected chi connectivity index (χ3v) is 3.53. The second-order valence-electron chi connectivity index (χ2n) is 3.56. The Bertz CT molecular complexity index is 590. The van der Waals surface area contributed by atoms with Crippen molar-refractivity contribution in [1.82, 2.24) is 4.72 Å². The summed E-state index contributed by atoms with van der Waals surface area (Å²) < 4.78 is 25.9. The van der Waals surface area contributed by atoms with Crippen LogP contribution in [0.2, 0.25) is 0 Å². The van der Waals surface area contributed by atoms with Crippen molar-refractivity contribution in [1.29, 1.82) is 0 Å². The first-order chi connectivity index (χ1) is 8.95. The van der Waals surface area contributed by atoms with Gasteiger partial charge in [0.05, 0.1) is 4.90 Å². The van der Waals surface area contributed by atoms with Crippen molar-refractivity contribution in [2.75, 3.05) is 18.4 Å². The second kappa shape index (κ2) is 6.74. The zero-order chi connectivity index (χ0) is 14.3. The molecule has 0 saturated carbocycles. The van der Waals surface area contributed by atoms with Crippen LogP contribution in [0.15, 0.2) is 34.3 Å². The van der Waals surface area contributed by atoms with Crippen LogP contribution < -0.4 is 10.0 Å². The predicted molar refractivity (Wildman–Crippen MR) is 69.9 cm³/mol. The monoisotopic (exact) mass is 283 g/mol. The van der Waals surface area contributed by atoms with Crippen molar-refractivity contribution in [2.45, 2.75) is 11.8 Å². The average Bonchev–Trinajstić information content (AvgIpc) is 2.35. The molecule has 0 spiro atoms. The summed E-state index contributed by atoms with van der Waals surface area (Å²) in [6.45, 7) is 1.43. The number of carbonyl (C=O) groups is 1. The molecule has 0 unspecified atom stereocenters. The summed E-state index contributed by atoms with van der Waals surface area (Å²) in [4.78, 5) is 13.4. The van der Waals surface area contributed by atoms with Crippen LogP contribution in [0.1, 0.15) is 6.92 Å². The molecular formula is C10H13N5O3S. The molecule has 19 heavy (non-hydrogen) atoms. The molecule has 0 heterocycles. The number of nitrogens with zero attached hydrogens (tertiary/aromatic N) is 3. The van der Waals surface area contributed by atoms with Gasteiger partial charge in [0, 0.05) is 30.6 Å². The third-order valence-electron chi connectivity index (χ3n) is 2.05. The van der Waals surface area contributed by atoms with Crippen molar-refractivity contribution >= 4 is 21.6 Å². The number of azide groups is 1. The highest BCUT2D eigenvalue weighted by Crippen LogP contribution is 2.13. The fourth-order valence-electron chi connectivity index (χ4n) is 1.28. The number of amides is 1. The van der Waals surface area contributed by atoms with Gasteiger partial charge >= 0.3 is 0 Å². The van der Waals surface area contributed by atoms with E-state index in [-0.39, 0.29) is 23.9 Å². The highest BCUT2D eigenvalue weighted by atomic mass is 32.2. The largest absolute Gasteiger partial charge is 0.326 e. The minimum atomic E-state index is -3.63. The average molecular weight is 283 g/mol. The Balaban J connectivity index is 2.73. The van der Waals surface area contributed by atoms with Gasteiger partial charge in [-0.2, -0.15) is 0 Å². The Morgan fingerprint density at radius 2 is 2.00 bits per heavy atom. The SMILES string of the molecule is CC(=O)Nc1ccc(S(=O)(=O)NCCN=[N+]=[N-])cc1. The van der Waals surface area contributed by atoms with Crippen LogP contribution in [0.3, 0.4) is 0 Å². The maximum absolute atomic E-state index is 11.8. The van der Waals surface area contributed by atoms with Gasteiger partial charge in [0.1, 0.15) is 0 Å². The van der Waals surface area contributed by atoms with E-state index in [1.807, 2.05) is 0 Å². The summed E-state index contributed by atoms with van der Waals surface area (Å²) in [6, 6.07) is 5.73. The summed E-state index contributed by atoms with van der Waals surface area (Å²) in [7, 11) is -3.63. The van der Waals surface area contributed by atoms with Crippen LogP contribution in [-0.2, 0) is 14.8 Å². The lowest BCUT2D eigenvalue weighted by atomic mass is 10.3. The van der Waals surface area contributed by atoms with Gasteiger partial charge in [-0.1, -0.05) is 5.11 Å². The zero-order valence-electron chi connectivity index (χ0n) is 10.2. The number of carbonyl (C=O) groups excluding carboxylic acids is 1. The molecule has 2 N–H and O–H groups in total. The topological polar surface area (TPSA) is 124 Å². The Labute approximate surface area is 110 Å². The van der Waals surface area contributed by atoms with E-state index in [2.05, 4.69) is 20.1 Å². The normalized spacial score (nSPS) is 10.6. The Morgan fingerprint density at radius 3 is 2.53 bits per heavy atom. The quantitative estimate of drug-likeness (QED) is 0.353. The van der Waals surface area contributed by atoms with Crippen LogP contribution >= 0.6 is 0 Å². The van der Waals surface area contributed by atoms with Crippen molar-refractivity contribution in [3.63, 3.8) is 0 Å². The highest BCUT2D eigenvalue weighted by Gasteiger charge is 2.12. The highest BCUT2D eigenvalue weighted by molar-refractivity contribution is 7.89. The van der Waals surface area contributed by atoms with Gasteiger partial charge < -0.3 is 5.32 Å². The molecule has 1 amide bonds. The smallest absolute Gasteiger partial charge is 0.240 e. The molecule has 0 aliphatic carbocycles. The summed E-state index contributed by atoms with van der Waals surface area (Å²) in [6.07, 6.45) is 0. The number of benzene rings is 1. The first-order valence-electron chi connectivity index (χ1n) is 5.34. The molecular weight excluding hydrogens is 270 g/mol. The van der Waals surface area contributed by atoms with Gasteiger partial charge in [-0.3, -0.25) is 4.79 Å². The molecule has 9 heteroatoms. The van der Waals surface area contributed by atoms with E-state index in [0.717, 1.165) is 0 Å². The minimum absolute atomic E-state index is 0.0276. The number of nitrogens with one attached hydrogen (secondary N) is 2. The van der Waals surface area contributed by atoms with E-state index in [1.54, 1.807) is 0 Å². The summed E-state index contributed by atoms with van der Waals surface area (Å²) in [5, 5.41) is 5.76. The molecule has 0 aliphatic rings. The molecule has 0 aliphatic heterocycles. The molecule has 1 rings (SSSR count). The first-order valence-corrected chi connectivity index (χ1v) is 6.82. The van der Waals surface area contributed by atoms with Crippen LogP contribution in [0.5, 0.6) is 0 Å². The lowest BCUT2D eigenvalue weighted by molar-refractivity contribution is -0.114. The molecule has 0 atom stereocenters. The fourth-order valence-corrected chi connectivity index (χ4v) is 2.30. The molecule has 1 aromatic carbocycles. The van der Waals surface area contributed by atoms with Crippen molar-refractivity contribution < 1.29 is 13.2 Å². The van der Waals surface area contributed by atoms with Crippen LogP contribution in [0.25, 0.3) is 10.4 Å². The van der Waals surface area contributed by atoms with Gasteiger partial charge in [-0.05, 0) is 29.8 Å². The Hall–Kier alpha value is -2.09. The van der Waals surface area contributed by atoms with Gasteiger partial charge in [0.25, 0.3) is 0 Å². The van der Waals surface area contributed by atoms with Gasteiger partial charge in [0.2, 0.25) is 15.9 Å². The molecule has 102 valence electrons. The summed E-state index contributed by atoms with van der Waals surface area (Å²) in [5.74, 6) is -0.233. The maximum Gasteiger partial charge on any atom is 0.240 e. The number of hydrogen-bond acceptors (Lipinski definition) is 4. The van der Waals surface area contributed by atoms with E-state index in [4.69, 9.17) is 5.53 Å². The van der Waals surface area contributed by atoms with Crippen LogP contribution in [-0.4, -0.2) is 27.4 Å². The molecule has 0 aromatic heterocycles. The maximum atomic E-state index is 11.8. The van der Waals surface area contributed by atoms with E-state index >= 15 is 0 Å². The molecule has 0 bridgehead atoms. The Kier molecular flexibility index (Phi) is 5.31. The second-order valence-corrected chi connectivity index (χ2v) is 5.32. The summed E-state index contributed by atoms with van der Waals surface area (Å²) >= 11 is 0. The molecule has 0 radical (unpaired) electrons. The number of sulfonamides is 1. The molecule has 0 saturated heterocycles. The zero-order valence-corrected chi connectivity index (χ0v) is 11.0. The van der Waals surface area contributed by atoms with Crippen molar-refractivity contribution in [3.05, 3.63) is 34.7 Å². The molecule has 0 fully saturated rings. The predicted octanol–water partition coefficient (Wildman–Crippen LogP) is 1.23. The Morgan fingerprint density at radius 1 is 1.37 bits per heavy atom. The van der Waals surface area contributed by atoms with Gasteiger partial charge in [-0.15, -0.1) is 0 Å².